The monoisotopic (exact) mass is 301 g/mol. The van der Waals surface area contributed by atoms with Gasteiger partial charge in [-0.05, 0) is 38.3 Å². The summed E-state index contributed by atoms with van der Waals surface area (Å²) in [6.45, 7) is 6.09. The molecule has 3 nitrogen and oxygen atoms in total. The minimum atomic E-state index is 0.746. The Hall–Kier alpha value is -1.39. The maximum Gasteiger partial charge on any atom is 0.107 e. The zero-order chi connectivity index (χ0) is 14.8. The second-order valence-electron chi connectivity index (χ2n) is 6.03. The number of aryl methyl sites for hydroxylation is 2. The van der Waals surface area contributed by atoms with Gasteiger partial charge in [0.15, 0.2) is 0 Å². The molecule has 0 bridgehead atoms. The molecule has 1 N–H and O–H groups in total. The summed E-state index contributed by atoms with van der Waals surface area (Å²) in [7, 11) is 2.14. The Labute approximate surface area is 131 Å². The molecule has 0 radical (unpaired) electrons. The molecule has 1 saturated carbocycles. The molecule has 2 aromatic rings. The fraction of sp³-hybridized carbons (Fsp3) is 0.471. The first-order valence-electron chi connectivity index (χ1n) is 7.57. The maximum absolute atomic E-state index is 4.74. The second-order valence-corrected chi connectivity index (χ2v) is 6.98. The third-order valence-corrected chi connectivity index (χ3v) is 4.78. The van der Waals surface area contributed by atoms with E-state index in [0.717, 1.165) is 24.8 Å². The van der Waals surface area contributed by atoms with Crippen LogP contribution in [0.3, 0.4) is 0 Å². The molecule has 0 aliphatic heterocycles. The zero-order valence-electron chi connectivity index (χ0n) is 13.0. The van der Waals surface area contributed by atoms with Gasteiger partial charge in [-0.25, -0.2) is 4.98 Å². The van der Waals surface area contributed by atoms with Crippen molar-refractivity contribution >= 4 is 17.0 Å². The van der Waals surface area contributed by atoms with Gasteiger partial charge in [-0.15, -0.1) is 11.3 Å². The van der Waals surface area contributed by atoms with E-state index >= 15 is 0 Å². The fourth-order valence-electron chi connectivity index (χ4n) is 2.58. The highest BCUT2D eigenvalue weighted by Crippen LogP contribution is 2.23. The second kappa shape index (κ2) is 6.16. The molecule has 1 fully saturated rings. The molecule has 3 rings (SSSR count). The number of benzene rings is 1. The third kappa shape index (κ3) is 3.83. The normalized spacial score (nSPS) is 14.4. The predicted molar refractivity (Wildman–Crippen MR) is 90.0 cm³/mol. The summed E-state index contributed by atoms with van der Waals surface area (Å²) >= 11 is 1.76. The van der Waals surface area contributed by atoms with Gasteiger partial charge in [0, 0.05) is 30.7 Å². The van der Waals surface area contributed by atoms with Gasteiger partial charge in [0.25, 0.3) is 0 Å². The summed E-state index contributed by atoms with van der Waals surface area (Å²) in [6.07, 6.45) is 2.65. The molecule has 1 aliphatic rings. The van der Waals surface area contributed by atoms with Gasteiger partial charge in [-0.2, -0.15) is 0 Å². The molecule has 4 heteroatoms. The van der Waals surface area contributed by atoms with Crippen LogP contribution in [0.15, 0.2) is 23.6 Å². The molecular weight excluding hydrogens is 278 g/mol. The molecule has 21 heavy (non-hydrogen) atoms. The first-order chi connectivity index (χ1) is 10.1. The number of hydrogen-bond acceptors (Lipinski definition) is 4. The lowest BCUT2D eigenvalue weighted by atomic mass is 10.1. The number of thiazole rings is 1. The van der Waals surface area contributed by atoms with Crippen LogP contribution in [0.5, 0.6) is 0 Å². The molecule has 1 aromatic carbocycles. The van der Waals surface area contributed by atoms with Gasteiger partial charge in [0.05, 0.1) is 12.2 Å². The van der Waals surface area contributed by atoms with Gasteiger partial charge in [0.1, 0.15) is 5.01 Å². The van der Waals surface area contributed by atoms with Crippen LogP contribution in [-0.2, 0) is 13.1 Å². The molecular formula is C17H23N3S. The Bertz CT molecular complexity index is 616. The average molecular weight is 301 g/mol. The molecule has 112 valence electrons. The summed E-state index contributed by atoms with van der Waals surface area (Å²) in [5.41, 5.74) is 5.08. The quantitative estimate of drug-likeness (QED) is 0.883. The minimum Gasteiger partial charge on any atom is -0.368 e. The van der Waals surface area contributed by atoms with Crippen molar-refractivity contribution in [2.45, 2.75) is 45.8 Å². The van der Waals surface area contributed by atoms with Crippen molar-refractivity contribution in [1.29, 1.82) is 0 Å². The molecule has 1 aromatic heterocycles. The van der Waals surface area contributed by atoms with Gasteiger partial charge in [0.2, 0.25) is 0 Å². The third-order valence-electron chi connectivity index (χ3n) is 3.88. The molecule has 0 amide bonds. The number of aromatic nitrogens is 1. The standard InChI is InChI=1S/C17H23N3S/c1-12-4-7-16(13(2)8-12)20(3)10-15-11-21-17(19-15)9-18-14-5-6-14/h4,7-8,11,14,18H,5-6,9-10H2,1-3H3. The van der Waals surface area contributed by atoms with Crippen molar-refractivity contribution in [3.05, 3.63) is 45.4 Å². The molecule has 1 aliphatic carbocycles. The highest BCUT2D eigenvalue weighted by atomic mass is 32.1. The van der Waals surface area contributed by atoms with Crippen LogP contribution in [-0.4, -0.2) is 18.1 Å². The number of nitrogens with one attached hydrogen (secondary N) is 1. The first kappa shape index (κ1) is 14.5. The first-order valence-corrected chi connectivity index (χ1v) is 8.45. The van der Waals surface area contributed by atoms with E-state index in [1.165, 1.54) is 34.7 Å². The lowest BCUT2D eigenvalue weighted by molar-refractivity contribution is 0.682. The van der Waals surface area contributed by atoms with E-state index in [2.05, 4.69) is 54.7 Å². The Morgan fingerprint density at radius 3 is 2.86 bits per heavy atom. The molecule has 0 saturated heterocycles. The summed E-state index contributed by atoms with van der Waals surface area (Å²) in [5.74, 6) is 0. The van der Waals surface area contributed by atoms with Crippen LogP contribution >= 0.6 is 11.3 Å². The van der Waals surface area contributed by atoms with Crippen LogP contribution in [0.1, 0.15) is 34.7 Å². The molecule has 0 spiro atoms. The minimum absolute atomic E-state index is 0.746. The van der Waals surface area contributed by atoms with Crippen molar-refractivity contribution in [2.24, 2.45) is 0 Å². The van der Waals surface area contributed by atoms with E-state index in [0.29, 0.717) is 0 Å². The average Bonchev–Trinajstić information content (AvgIpc) is 3.16. The number of anilines is 1. The largest absolute Gasteiger partial charge is 0.368 e. The number of rotatable bonds is 6. The lowest BCUT2D eigenvalue weighted by Crippen LogP contribution is -2.18. The van der Waals surface area contributed by atoms with E-state index in [1.807, 2.05) is 0 Å². The van der Waals surface area contributed by atoms with Crippen molar-refractivity contribution in [3.8, 4) is 0 Å². The van der Waals surface area contributed by atoms with Crippen LogP contribution in [0.4, 0.5) is 5.69 Å². The molecule has 0 unspecified atom stereocenters. The van der Waals surface area contributed by atoms with Gasteiger partial charge in [-0.1, -0.05) is 17.7 Å². The number of nitrogens with zero attached hydrogens (tertiary/aromatic N) is 2. The summed E-state index contributed by atoms with van der Waals surface area (Å²) in [4.78, 5) is 7.02. The Kier molecular flexibility index (Phi) is 4.27. The summed E-state index contributed by atoms with van der Waals surface area (Å²) in [5, 5.41) is 6.91. The van der Waals surface area contributed by atoms with Crippen molar-refractivity contribution < 1.29 is 0 Å². The van der Waals surface area contributed by atoms with E-state index in [4.69, 9.17) is 4.98 Å². The Morgan fingerprint density at radius 1 is 1.33 bits per heavy atom. The van der Waals surface area contributed by atoms with Crippen molar-refractivity contribution in [3.63, 3.8) is 0 Å². The summed E-state index contributed by atoms with van der Waals surface area (Å²) in [6, 6.07) is 7.35. The lowest BCUT2D eigenvalue weighted by Gasteiger charge is -2.20. The fourth-order valence-corrected chi connectivity index (χ4v) is 3.32. The smallest absolute Gasteiger partial charge is 0.107 e. The molecule has 1 heterocycles. The summed E-state index contributed by atoms with van der Waals surface area (Å²) < 4.78 is 0. The van der Waals surface area contributed by atoms with Crippen molar-refractivity contribution in [2.75, 3.05) is 11.9 Å². The van der Waals surface area contributed by atoms with E-state index in [-0.39, 0.29) is 0 Å². The number of hydrogen-bond donors (Lipinski definition) is 1. The van der Waals surface area contributed by atoms with Gasteiger partial charge in [-0.3, -0.25) is 0 Å². The van der Waals surface area contributed by atoms with Gasteiger partial charge >= 0.3 is 0 Å². The molecule has 0 atom stereocenters. The Morgan fingerprint density at radius 2 is 2.14 bits per heavy atom. The van der Waals surface area contributed by atoms with Gasteiger partial charge < -0.3 is 10.2 Å². The van der Waals surface area contributed by atoms with Crippen LogP contribution in [0.2, 0.25) is 0 Å². The van der Waals surface area contributed by atoms with E-state index in [9.17, 15) is 0 Å². The topological polar surface area (TPSA) is 28.2 Å². The van der Waals surface area contributed by atoms with Crippen LogP contribution < -0.4 is 10.2 Å². The van der Waals surface area contributed by atoms with Crippen LogP contribution in [0.25, 0.3) is 0 Å². The Balaban J connectivity index is 1.62. The van der Waals surface area contributed by atoms with Crippen LogP contribution in [0, 0.1) is 13.8 Å². The predicted octanol–water partition coefficient (Wildman–Crippen LogP) is 3.65. The highest BCUT2D eigenvalue weighted by Gasteiger charge is 2.20. The highest BCUT2D eigenvalue weighted by molar-refractivity contribution is 7.09. The SMILES string of the molecule is Cc1ccc(N(C)Cc2csc(CNC3CC3)n2)c(C)c1. The van der Waals surface area contributed by atoms with E-state index < -0.39 is 0 Å². The zero-order valence-corrected chi connectivity index (χ0v) is 13.8. The van der Waals surface area contributed by atoms with E-state index in [1.54, 1.807) is 11.3 Å². The maximum atomic E-state index is 4.74. The van der Waals surface area contributed by atoms with Crippen molar-refractivity contribution in [1.82, 2.24) is 10.3 Å².